The second kappa shape index (κ2) is 7.79. The van der Waals surface area contributed by atoms with Crippen molar-refractivity contribution in [1.29, 1.82) is 0 Å². The molecule has 0 atom stereocenters. The molecule has 1 N–H and O–H groups in total. The van der Waals surface area contributed by atoms with Crippen LogP contribution in [0.4, 0.5) is 0 Å². The molecule has 0 aromatic heterocycles. The average Bonchev–Trinajstić information content (AvgIpc) is 2.39. The van der Waals surface area contributed by atoms with E-state index >= 15 is 0 Å². The molecule has 0 fully saturated rings. The summed E-state index contributed by atoms with van der Waals surface area (Å²) in [7, 11) is 3.47. The first-order valence-corrected chi connectivity index (χ1v) is 6.66. The third kappa shape index (κ3) is 4.91. The molecule has 0 aliphatic heterocycles. The van der Waals surface area contributed by atoms with Crippen LogP contribution < -0.4 is 10.1 Å². The van der Waals surface area contributed by atoms with Crippen LogP contribution in [0.2, 0.25) is 0 Å². The summed E-state index contributed by atoms with van der Waals surface area (Å²) in [6.45, 7) is 5.94. The molecule has 4 nitrogen and oxygen atoms in total. The summed E-state index contributed by atoms with van der Waals surface area (Å²) in [5.41, 5.74) is 2.20. The smallest absolute Gasteiger partial charge is 0.236 e. The minimum absolute atomic E-state index is 0.0945. The lowest BCUT2D eigenvalue weighted by molar-refractivity contribution is -0.129. The molecular weight excluding hydrogens is 240 g/mol. The molecule has 0 bridgehead atoms. The van der Waals surface area contributed by atoms with Gasteiger partial charge in [0.05, 0.1) is 13.7 Å². The van der Waals surface area contributed by atoms with E-state index in [-0.39, 0.29) is 5.91 Å². The molecule has 0 aliphatic rings. The number of nitrogens with one attached hydrogen (secondary N) is 1. The van der Waals surface area contributed by atoms with Gasteiger partial charge in [-0.3, -0.25) is 4.79 Å². The standard InChI is InChI=1S/C15H24N2O2/c1-5-8-16-10-15(18)17(3)11-13-9-12(2)6-7-14(13)19-4/h6-7,9,16H,5,8,10-11H2,1-4H3. The predicted molar refractivity (Wildman–Crippen MR) is 77.4 cm³/mol. The maximum Gasteiger partial charge on any atom is 0.236 e. The fourth-order valence-corrected chi connectivity index (χ4v) is 1.88. The number of amides is 1. The second-order valence-electron chi connectivity index (χ2n) is 4.74. The zero-order chi connectivity index (χ0) is 14.3. The Morgan fingerprint density at radius 3 is 2.79 bits per heavy atom. The first-order valence-electron chi connectivity index (χ1n) is 6.66. The van der Waals surface area contributed by atoms with E-state index in [9.17, 15) is 4.79 Å². The first-order chi connectivity index (χ1) is 9.08. The van der Waals surface area contributed by atoms with E-state index in [0.717, 1.165) is 24.3 Å². The zero-order valence-electron chi connectivity index (χ0n) is 12.3. The number of aryl methyl sites for hydroxylation is 1. The number of likely N-dealkylation sites (N-methyl/N-ethyl adjacent to an activating group) is 1. The predicted octanol–water partition coefficient (Wildman–Crippen LogP) is 1.96. The van der Waals surface area contributed by atoms with E-state index in [1.54, 1.807) is 12.0 Å². The second-order valence-corrected chi connectivity index (χ2v) is 4.74. The molecule has 1 aromatic carbocycles. The molecule has 0 unspecified atom stereocenters. The summed E-state index contributed by atoms with van der Waals surface area (Å²) in [6, 6.07) is 6.01. The van der Waals surface area contributed by atoms with E-state index in [0.29, 0.717) is 13.1 Å². The Morgan fingerprint density at radius 1 is 1.42 bits per heavy atom. The van der Waals surface area contributed by atoms with Gasteiger partial charge < -0.3 is 15.0 Å². The van der Waals surface area contributed by atoms with Crippen LogP contribution in [0.15, 0.2) is 18.2 Å². The monoisotopic (exact) mass is 264 g/mol. The van der Waals surface area contributed by atoms with Gasteiger partial charge in [-0.05, 0) is 26.0 Å². The lowest BCUT2D eigenvalue weighted by Gasteiger charge is -2.19. The largest absolute Gasteiger partial charge is 0.496 e. The normalized spacial score (nSPS) is 10.3. The molecule has 106 valence electrons. The maximum absolute atomic E-state index is 11.9. The Balaban J connectivity index is 2.62. The van der Waals surface area contributed by atoms with Gasteiger partial charge in [-0.1, -0.05) is 24.6 Å². The molecular formula is C15H24N2O2. The number of carbonyl (C=O) groups is 1. The van der Waals surface area contributed by atoms with Gasteiger partial charge in [-0.25, -0.2) is 0 Å². The Hall–Kier alpha value is -1.55. The van der Waals surface area contributed by atoms with Crippen LogP contribution in [0.5, 0.6) is 5.75 Å². The van der Waals surface area contributed by atoms with Gasteiger partial charge >= 0.3 is 0 Å². The molecule has 0 radical (unpaired) electrons. The zero-order valence-corrected chi connectivity index (χ0v) is 12.3. The Kier molecular flexibility index (Phi) is 6.36. The van der Waals surface area contributed by atoms with Crippen molar-refractivity contribution < 1.29 is 9.53 Å². The summed E-state index contributed by atoms with van der Waals surface area (Å²) in [6.07, 6.45) is 1.03. The number of carbonyl (C=O) groups excluding carboxylic acids is 1. The summed E-state index contributed by atoms with van der Waals surface area (Å²) >= 11 is 0. The van der Waals surface area contributed by atoms with Crippen LogP contribution in [-0.2, 0) is 11.3 Å². The molecule has 1 rings (SSSR count). The van der Waals surface area contributed by atoms with E-state index in [1.165, 1.54) is 5.56 Å². The lowest BCUT2D eigenvalue weighted by atomic mass is 10.1. The summed E-state index contributed by atoms with van der Waals surface area (Å²) in [5.74, 6) is 0.920. The van der Waals surface area contributed by atoms with E-state index in [1.807, 2.05) is 26.1 Å². The van der Waals surface area contributed by atoms with Gasteiger partial charge in [0.2, 0.25) is 5.91 Å². The Labute approximate surface area is 115 Å². The van der Waals surface area contributed by atoms with Crippen molar-refractivity contribution in [1.82, 2.24) is 10.2 Å². The third-order valence-corrected chi connectivity index (χ3v) is 2.97. The minimum atomic E-state index is 0.0945. The van der Waals surface area contributed by atoms with E-state index in [4.69, 9.17) is 4.74 Å². The number of ether oxygens (including phenoxy) is 1. The van der Waals surface area contributed by atoms with Gasteiger partial charge in [-0.15, -0.1) is 0 Å². The molecule has 0 heterocycles. The Bertz CT molecular complexity index is 419. The van der Waals surface area contributed by atoms with E-state index in [2.05, 4.69) is 18.3 Å². The number of rotatable bonds is 7. The van der Waals surface area contributed by atoms with Gasteiger partial charge in [0.15, 0.2) is 0 Å². The third-order valence-electron chi connectivity index (χ3n) is 2.97. The molecule has 1 amide bonds. The molecule has 0 saturated heterocycles. The first kappa shape index (κ1) is 15.5. The molecule has 1 aromatic rings. The summed E-state index contributed by atoms with van der Waals surface area (Å²) in [4.78, 5) is 13.7. The highest BCUT2D eigenvalue weighted by Gasteiger charge is 2.11. The quantitative estimate of drug-likeness (QED) is 0.765. The number of nitrogens with zero attached hydrogens (tertiary/aromatic N) is 1. The SMILES string of the molecule is CCCNCC(=O)N(C)Cc1cc(C)ccc1OC. The number of methoxy groups -OCH3 is 1. The highest BCUT2D eigenvalue weighted by molar-refractivity contribution is 5.78. The van der Waals surface area contributed by atoms with Crippen molar-refractivity contribution in [2.75, 3.05) is 27.2 Å². The molecule has 4 heteroatoms. The van der Waals surface area contributed by atoms with Gasteiger partial charge in [-0.2, -0.15) is 0 Å². The average molecular weight is 264 g/mol. The van der Waals surface area contributed by atoms with Crippen LogP contribution in [0.3, 0.4) is 0 Å². The lowest BCUT2D eigenvalue weighted by Crippen LogP contribution is -2.35. The number of benzene rings is 1. The van der Waals surface area contributed by atoms with Crippen LogP contribution in [-0.4, -0.2) is 38.1 Å². The fourth-order valence-electron chi connectivity index (χ4n) is 1.88. The Morgan fingerprint density at radius 2 is 2.16 bits per heavy atom. The van der Waals surface area contributed by atoms with Gasteiger partial charge in [0.25, 0.3) is 0 Å². The van der Waals surface area contributed by atoms with Crippen molar-refractivity contribution in [2.45, 2.75) is 26.8 Å². The van der Waals surface area contributed by atoms with Crippen molar-refractivity contribution in [3.05, 3.63) is 29.3 Å². The van der Waals surface area contributed by atoms with E-state index < -0.39 is 0 Å². The van der Waals surface area contributed by atoms with Gasteiger partial charge in [0.1, 0.15) is 5.75 Å². The van der Waals surface area contributed by atoms with Crippen LogP contribution in [0.25, 0.3) is 0 Å². The van der Waals surface area contributed by atoms with Crippen molar-refractivity contribution in [3.8, 4) is 5.75 Å². The topological polar surface area (TPSA) is 41.6 Å². The van der Waals surface area contributed by atoms with Crippen LogP contribution in [0.1, 0.15) is 24.5 Å². The summed E-state index contributed by atoms with van der Waals surface area (Å²) < 4.78 is 5.33. The van der Waals surface area contributed by atoms with Crippen molar-refractivity contribution in [3.63, 3.8) is 0 Å². The maximum atomic E-state index is 11.9. The van der Waals surface area contributed by atoms with Crippen molar-refractivity contribution in [2.24, 2.45) is 0 Å². The van der Waals surface area contributed by atoms with Gasteiger partial charge in [0, 0.05) is 19.2 Å². The molecule has 0 spiro atoms. The van der Waals surface area contributed by atoms with Crippen molar-refractivity contribution >= 4 is 5.91 Å². The fraction of sp³-hybridized carbons (Fsp3) is 0.533. The highest BCUT2D eigenvalue weighted by atomic mass is 16.5. The number of hydrogen-bond donors (Lipinski definition) is 1. The molecule has 0 saturated carbocycles. The minimum Gasteiger partial charge on any atom is -0.496 e. The molecule has 19 heavy (non-hydrogen) atoms. The molecule has 0 aliphatic carbocycles. The number of hydrogen-bond acceptors (Lipinski definition) is 3. The van der Waals surface area contributed by atoms with Crippen LogP contribution >= 0.6 is 0 Å². The summed E-state index contributed by atoms with van der Waals surface area (Å²) in [5, 5.41) is 3.12. The highest BCUT2D eigenvalue weighted by Crippen LogP contribution is 2.20. The van der Waals surface area contributed by atoms with Crippen LogP contribution in [0, 0.1) is 6.92 Å².